The van der Waals surface area contributed by atoms with Gasteiger partial charge in [0.05, 0.1) is 6.54 Å². The Hall–Kier alpha value is -0.810. The molecule has 0 radical (unpaired) electrons. The van der Waals surface area contributed by atoms with E-state index >= 15 is 0 Å². The molecular weight excluding hydrogens is 264 g/mol. The Morgan fingerprint density at radius 3 is 3.00 bits per heavy atom. The van der Waals surface area contributed by atoms with Crippen LogP contribution < -0.4 is 5.32 Å². The van der Waals surface area contributed by atoms with Crippen molar-refractivity contribution in [3.8, 4) is 0 Å². The molecule has 0 aromatic carbocycles. The molecule has 0 bridgehead atoms. The maximum absolute atomic E-state index is 5.41. The van der Waals surface area contributed by atoms with Crippen molar-refractivity contribution in [2.45, 2.75) is 13.5 Å². The Morgan fingerprint density at radius 2 is 2.43 bits per heavy atom. The second kappa shape index (κ2) is 4.14. The molecule has 0 atom stereocenters. The van der Waals surface area contributed by atoms with Crippen LogP contribution >= 0.6 is 27.3 Å². The summed E-state index contributed by atoms with van der Waals surface area (Å²) < 4.78 is 6.28. The fraction of sp³-hybridized carbons (Fsp3) is 0.222. The van der Waals surface area contributed by atoms with Crippen LogP contribution in [0.15, 0.2) is 26.5 Å². The van der Waals surface area contributed by atoms with Gasteiger partial charge in [0.25, 0.3) is 0 Å². The molecule has 0 aliphatic carbocycles. The monoisotopic (exact) mass is 272 g/mol. The van der Waals surface area contributed by atoms with Crippen molar-refractivity contribution >= 4 is 32.4 Å². The molecule has 14 heavy (non-hydrogen) atoms. The number of rotatable bonds is 3. The summed E-state index contributed by atoms with van der Waals surface area (Å²) in [6, 6.07) is 3.92. The molecule has 0 aliphatic heterocycles. The van der Waals surface area contributed by atoms with E-state index in [-0.39, 0.29) is 0 Å². The number of aromatic nitrogens is 1. The van der Waals surface area contributed by atoms with Crippen molar-refractivity contribution in [1.29, 1.82) is 0 Å². The molecule has 0 unspecified atom stereocenters. The van der Waals surface area contributed by atoms with E-state index in [1.54, 1.807) is 11.3 Å². The number of hydrogen-bond acceptors (Lipinski definition) is 4. The number of nitrogens with one attached hydrogen (secondary N) is 1. The summed E-state index contributed by atoms with van der Waals surface area (Å²) in [5.41, 5.74) is 0. The highest BCUT2D eigenvalue weighted by Crippen LogP contribution is 2.20. The Kier molecular flexibility index (Phi) is 2.88. The molecule has 2 aromatic heterocycles. The van der Waals surface area contributed by atoms with Crippen LogP contribution in [-0.4, -0.2) is 4.98 Å². The molecule has 0 saturated heterocycles. The van der Waals surface area contributed by atoms with Gasteiger partial charge in [-0.05, 0) is 35.0 Å². The van der Waals surface area contributed by atoms with Crippen LogP contribution in [0.2, 0.25) is 0 Å². The van der Waals surface area contributed by atoms with Gasteiger partial charge in [-0.1, -0.05) is 0 Å². The van der Waals surface area contributed by atoms with Gasteiger partial charge in [-0.3, -0.25) is 0 Å². The third-order valence-electron chi connectivity index (χ3n) is 1.69. The first-order chi connectivity index (χ1) is 6.74. The second-order valence-electron chi connectivity index (χ2n) is 2.84. The lowest BCUT2D eigenvalue weighted by Gasteiger charge is -1.97. The zero-order valence-electron chi connectivity index (χ0n) is 7.58. The molecule has 0 amide bonds. The van der Waals surface area contributed by atoms with E-state index in [9.17, 15) is 0 Å². The topological polar surface area (TPSA) is 38.1 Å². The minimum Gasteiger partial charge on any atom is -0.465 e. The molecule has 3 nitrogen and oxygen atoms in total. The van der Waals surface area contributed by atoms with Crippen molar-refractivity contribution in [3.63, 3.8) is 0 Å². The summed E-state index contributed by atoms with van der Waals surface area (Å²) in [4.78, 5) is 4.21. The molecule has 2 heterocycles. The number of furan rings is 1. The van der Waals surface area contributed by atoms with E-state index in [1.165, 1.54) is 0 Å². The van der Waals surface area contributed by atoms with Gasteiger partial charge in [0, 0.05) is 5.38 Å². The van der Waals surface area contributed by atoms with Crippen LogP contribution in [0.25, 0.3) is 0 Å². The van der Waals surface area contributed by atoms with Crippen molar-refractivity contribution in [2.24, 2.45) is 0 Å². The zero-order chi connectivity index (χ0) is 9.97. The van der Waals surface area contributed by atoms with Crippen molar-refractivity contribution in [2.75, 3.05) is 5.32 Å². The minimum absolute atomic E-state index is 0.674. The molecule has 0 fully saturated rings. The lowest BCUT2D eigenvalue weighted by molar-refractivity contribution is 0.490. The van der Waals surface area contributed by atoms with E-state index in [2.05, 4.69) is 26.2 Å². The number of anilines is 1. The van der Waals surface area contributed by atoms with Gasteiger partial charge in [-0.25, -0.2) is 4.98 Å². The van der Waals surface area contributed by atoms with Crippen LogP contribution in [0.4, 0.5) is 5.13 Å². The highest BCUT2D eigenvalue weighted by molar-refractivity contribution is 9.10. The zero-order valence-corrected chi connectivity index (χ0v) is 9.98. The maximum Gasteiger partial charge on any atom is 0.184 e. The predicted octanol–water partition coefficient (Wildman–Crippen LogP) is 3.42. The number of hydrogen-bond donors (Lipinski definition) is 1. The Balaban J connectivity index is 1.94. The van der Waals surface area contributed by atoms with Crippen LogP contribution in [0, 0.1) is 6.92 Å². The Labute approximate surface area is 94.3 Å². The number of thiazole rings is 1. The Morgan fingerprint density at radius 1 is 1.57 bits per heavy atom. The Bertz CT molecular complexity index is 384. The molecule has 0 spiro atoms. The number of halogens is 1. The summed E-state index contributed by atoms with van der Waals surface area (Å²) >= 11 is 4.86. The normalized spacial score (nSPS) is 10.4. The number of nitrogens with zero attached hydrogens (tertiary/aromatic N) is 1. The van der Waals surface area contributed by atoms with E-state index in [0.29, 0.717) is 6.54 Å². The third kappa shape index (κ3) is 2.36. The standard InChI is InChI=1S/C9H9BrN2OS/c1-6-2-3-7(13-6)4-11-9-12-8(10)5-14-9/h2-3,5H,4H2,1H3,(H,11,12). The average Bonchev–Trinajstić information content (AvgIpc) is 2.72. The van der Waals surface area contributed by atoms with Crippen LogP contribution in [-0.2, 0) is 6.54 Å². The molecule has 1 N–H and O–H groups in total. The lowest BCUT2D eigenvalue weighted by atomic mass is 10.4. The predicted molar refractivity (Wildman–Crippen MR) is 60.6 cm³/mol. The SMILES string of the molecule is Cc1ccc(CNc2nc(Br)cs2)o1. The van der Waals surface area contributed by atoms with Crippen LogP contribution in [0.1, 0.15) is 11.5 Å². The van der Waals surface area contributed by atoms with E-state index in [4.69, 9.17) is 4.42 Å². The molecule has 2 aromatic rings. The van der Waals surface area contributed by atoms with E-state index in [1.807, 2.05) is 24.4 Å². The highest BCUT2D eigenvalue weighted by Gasteiger charge is 2.01. The van der Waals surface area contributed by atoms with E-state index < -0.39 is 0 Å². The fourth-order valence-corrected chi connectivity index (χ4v) is 2.22. The quantitative estimate of drug-likeness (QED) is 0.931. The van der Waals surface area contributed by atoms with Crippen LogP contribution in [0.5, 0.6) is 0 Å². The maximum atomic E-state index is 5.41. The van der Waals surface area contributed by atoms with Gasteiger partial charge in [-0.15, -0.1) is 11.3 Å². The summed E-state index contributed by atoms with van der Waals surface area (Å²) in [6.07, 6.45) is 0. The summed E-state index contributed by atoms with van der Waals surface area (Å²) in [5.74, 6) is 1.86. The van der Waals surface area contributed by atoms with Gasteiger partial charge in [0.1, 0.15) is 16.1 Å². The summed E-state index contributed by atoms with van der Waals surface area (Å²) in [5, 5.41) is 6.01. The minimum atomic E-state index is 0.674. The smallest absolute Gasteiger partial charge is 0.184 e. The van der Waals surface area contributed by atoms with E-state index in [0.717, 1.165) is 21.3 Å². The molecule has 2 rings (SSSR count). The molecular formula is C9H9BrN2OS. The summed E-state index contributed by atoms with van der Waals surface area (Å²) in [7, 11) is 0. The second-order valence-corrected chi connectivity index (χ2v) is 4.51. The first kappa shape index (κ1) is 9.73. The third-order valence-corrected chi connectivity index (χ3v) is 3.20. The van der Waals surface area contributed by atoms with Gasteiger partial charge < -0.3 is 9.73 Å². The molecule has 0 saturated carbocycles. The highest BCUT2D eigenvalue weighted by atomic mass is 79.9. The fourth-order valence-electron chi connectivity index (χ4n) is 1.08. The van der Waals surface area contributed by atoms with Gasteiger partial charge >= 0.3 is 0 Å². The van der Waals surface area contributed by atoms with Crippen molar-refractivity contribution in [1.82, 2.24) is 4.98 Å². The van der Waals surface area contributed by atoms with Gasteiger partial charge in [0.2, 0.25) is 0 Å². The first-order valence-corrected chi connectivity index (χ1v) is 5.81. The van der Waals surface area contributed by atoms with Gasteiger partial charge in [-0.2, -0.15) is 0 Å². The first-order valence-electron chi connectivity index (χ1n) is 4.14. The summed E-state index contributed by atoms with van der Waals surface area (Å²) in [6.45, 7) is 2.61. The van der Waals surface area contributed by atoms with Crippen LogP contribution in [0.3, 0.4) is 0 Å². The number of aryl methyl sites for hydroxylation is 1. The molecule has 74 valence electrons. The van der Waals surface area contributed by atoms with Crippen molar-refractivity contribution < 1.29 is 4.42 Å². The average molecular weight is 273 g/mol. The largest absolute Gasteiger partial charge is 0.465 e. The molecule has 5 heteroatoms. The lowest BCUT2D eigenvalue weighted by Crippen LogP contribution is -1.96. The van der Waals surface area contributed by atoms with Crippen molar-refractivity contribution in [3.05, 3.63) is 33.6 Å². The molecule has 0 aliphatic rings. The van der Waals surface area contributed by atoms with Gasteiger partial charge in [0.15, 0.2) is 5.13 Å².